The Kier molecular flexibility index (Phi) is 3.80. The van der Waals surface area contributed by atoms with Crippen molar-refractivity contribution >= 4 is 0 Å². The molecule has 4 nitrogen and oxygen atoms in total. The van der Waals surface area contributed by atoms with Crippen molar-refractivity contribution in [2.75, 3.05) is 33.4 Å². The fourth-order valence-corrected chi connectivity index (χ4v) is 6.76. The minimum Gasteiger partial charge on any atom is -0.497 e. The van der Waals surface area contributed by atoms with Gasteiger partial charge in [0.15, 0.2) is 5.79 Å². The van der Waals surface area contributed by atoms with Crippen molar-refractivity contribution in [3.8, 4) is 5.75 Å². The van der Waals surface area contributed by atoms with Crippen molar-refractivity contribution in [3.05, 3.63) is 54.3 Å². The van der Waals surface area contributed by atoms with Gasteiger partial charge in [0.2, 0.25) is 0 Å². The number of hydrogen-bond acceptors (Lipinski definition) is 4. The van der Waals surface area contributed by atoms with E-state index in [1.54, 1.807) is 7.11 Å². The van der Waals surface area contributed by atoms with E-state index in [-0.39, 0.29) is 16.7 Å². The molecule has 1 saturated heterocycles. The van der Waals surface area contributed by atoms with Crippen LogP contribution in [0.1, 0.15) is 36.8 Å². The largest absolute Gasteiger partial charge is 0.497 e. The van der Waals surface area contributed by atoms with E-state index in [2.05, 4.69) is 48.0 Å². The summed E-state index contributed by atoms with van der Waals surface area (Å²) in [6.07, 6.45) is 12.8. The van der Waals surface area contributed by atoms with Gasteiger partial charge >= 0.3 is 0 Å². The molecule has 3 fully saturated rings. The summed E-state index contributed by atoms with van der Waals surface area (Å²) in [6.45, 7) is 7.85. The normalized spacial score (nSPS) is 36.6. The molecule has 2 heterocycles. The Morgan fingerprint density at radius 2 is 2.10 bits per heavy atom. The molecular formula is C25H31NO3. The van der Waals surface area contributed by atoms with Crippen LogP contribution in [0.15, 0.2) is 43.1 Å². The third-order valence-electron chi connectivity index (χ3n) is 8.30. The molecule has 5 aliphatic rings. The zero-order chi connectivity index (χ0) is 19.7. The van der Waals surface area contributed by atoms with E-state index in [1.165, 1.54) is 30.5 Å². The maximum atomic E-state index is 6.33. The molecular weight excluding hydrogens is 362 g/mol. The van der Waals surface area contributed by atoms with E-state index in [1.807, 2.05) is 0 Å². The predicted octanol–water partition coefficient (Wildman–Crippen LogP) is 4.05. The number of fused-ring (bicyclic) bond motifs is 1. The number of ether oxygens (including phenoxy) is 3. The quantitative estimate of drug-likeness (QED) is 0.722. The van der Waals surface area contributed by atoms with Crippen LogP contribution in [0.3, 0.4) is 0 Å². The first kappa shape index (κ1) is 18.0. The first-order valence-corrected chi connectivity index (χ1v) is 11.1. The molecule has 3 aliphatic carbocycles. The number of allylic oxidation sites excluding steroid dienone is 1. The molecule has 6 rings (SSSR count). The summed E-state index contributed by atoms with van der Waals surface area (Å²) >= 11 is 0. The minimum atomic E-state index is -0.543. The second-order valence-corrected chi connectivity index (χ2v) is 9.87. The van der Waals surface area contributed by atoms with Gasteiger partial charge in [-0.25, -0.2) is 0 Å². The second kappa shape index (κ2) is 6.12. The molecule has 0 N–H and O–H groups in total. The van der Waals surface area contributed by atoms with Crippen molar-refractivity contribution in [1.29, 1.82) is 0 Å². The Morgan fingerprint density at radius 3 is 2.83 bits per heavy atom. The Balaban J connectivity index is 1.50. The standard InChI is InChI=1S/C25H31NO3/c1-3-20-14-23-13-19-6-7-21(27-2)12-22(19)24(23,16-25(20)28-10-11-29-25)8-9-26(17-23)15-18-4-5-18/h3,6-9,12,18,20H,1,4-5,10-11,13-17H2,2H3/t20-,23+,24+/m0/s1. The monoisotopic (exact) mass is 393 g/mol. The van der Waals surface area contributed by atoms with Crippen LogP contribution in [0.5, 0.6) is 5.75 Å². The molecule has 154 valence electrons. The van der Waals surface area contributed by atoms with Gasteiger partial charge in [0.05, 0.1) is 20.3 Å². The number of rotatable bonds is 4. The number of nitrogens with zero attached hydrogens (tertiary/aromatic N) is 1. The van der Waals surface area contributed by atoms with Crippen molar-refractivity contribution in [2.45, 2.75) is 43.3 Å². The summed E-state index contributed by atoms with van der Waals surface area (Å²) in [7, 11) is 1.76. The maximum Gasteiger partial charge on any atom is 0.175 e. The van der Waals surface area contributed by atoms with Crippen LogP contribution in [0.4, 0.5) is 0 Å². The van der Waals surface area contributed by atoms with E-state index in [0.717, 1.165) is 37.5 Å². The van der Waals surface area contributed by atoms with E-state index < -0.39 is 5.79 Å². The van der Waals surface area contributed by atoms with Gasteiger partial charge in [-0.3, -0.25) is 0 Å². The molecule has 4 heteroatoms. The topological polar surface area (TPSA) is 30.9 Å². The lowest BCUT2D eigenvalue weighted by Gasteiger charge is -2.59. The Labute approximate surface area is 173 Å². The molecule has 0 radical (unpaired) electrons. The fourth-order valence-electron chi connectivity index (χ4n) is 6.76. The van der Waals surface area contributed by atoms with Gasteiger partial charge in [0, 0.05) is 36.3 Å². The van der Waals surface area contributed by atoms with E-state index in [9.17, 15) is 0 Å². The lowest BCUT2D eigenvalue weighted by atomic mass is 9.51. The number of benzene rings is 1. The van der Waals surface area contributed by atoms with Crippen molar-refractivity contribution < 1.29 is 14.2 Å². The smallest absolute Gasteiger partial charge is 0.175 e. The summed E-state index contributed by atoms with van der Waals surface area (Å²) < 4.78 is 18.3. The van der Waals surface area contributed by atoms with Crippen LogP contribution in [0.2, 0.25) is 0 Å². The highest BCUT2D eigenvalue weighted by molar-refractivity contribution is 5.53. The van der Waals surface area contributed by atoms with Gasteiger partial charge in [-0.1, -0.05) is 18.2 Å². The Hall–Kier alpha value is -1.78. The highest BCUT2D eigenvalue weighted by Gasteiger charge is 2.67. The van der Waals surface area contributed by atoms with Gasteiger partial charge in [0.1, 0.15) is 5.75 Å². The molecule has 0 aromatic heterocycles. The maximum absolute atomic E-state index is 6.33. The summed E-state index contributed by atoms with van der Waals surface area (Å²) in [5, 5.41) is 0. The van der Waals surface area contributed by atoms with Crippen LogP contribution < -0.4 is 4.74 Å². The minimum absolute atomic E-state index is 0.0687. The highest BCUT2D eigenvalue weighted by atomic mass is 16.7. The summed E-state index contributed by atoms with van der Waals surface area (Å²) in [4.78, 5) is 2.59. The Morgan fingerprint density at radius 1 is 1.28 bits per heavy atom. The highest BCUT2D eigenvalue weighted by Crippen LogP contribution is 2.66. The Bertz CT molecular complexity index is 869. The third-order valence-corrected chi connectivity index (χ3v) is 8.30. The second-order valence-electron chi connectivity index (χ2n) is 9.87. The number of methoxy groups -OCH3 is 1. The average Bonchev–Trinajstić information content (AvgIpc) is 3.35. The summed E-state index contributed by atoms with van der Waals surface area (Å²) in [5.74, 6) is 1.51. The lowest BCUT2D eigenvalue weighted by Crippen LogP contribution is -2.62. The van der Waals surface area contributed by atoms with E-state index in [0.29, 0.717) is 13.2 Å². The first-order valence-electron chi connectivity index (χ1n) is 11.1. The van der Waals surface area contributed by atoms with Crippen LogP contribution in [0.25, 0.3) is 0 Å². The van der Waals surface area contributed by atoms with E-state index in [4.69, 9.17) is 14.2 Å². The van der Waals surface area contributed by atoms with Crippen molar-refractivity contribution in [3.63, 3.8) is 0 Å². The molecule has 1 spiro atoms. The zero-order valence-corrected chi connectivity index (χ0v) is 17.4. The molecule has 1 aromatic rings. The van der Waals surface area contributed by atoms with Crippen LogP contribution >= 0.6 is 0 Å². The zero-order valence-electron chi connectivity index (χ0n) is 17.4. The molecule has 29 heavy (non-hydrogen) atoms. The number of hydrogen-bond donors (Lipinski definition) is 0. The van der Waals surface area contributed by atoms with Gasteiger partial charge in [0.25, 0.3) is 0 Å². The van der Waals surface area contributed by atoms with Crippen molar-refractivity contribution in [1.82, 2.24) is 4.90 Å². The fraction of sp³-hybridized carbons (Fsp3) is 0.600. The molecule has 0 amide bonds. The predicted molar refractivity (Wildman–Crippen MR) is 112 cm³/mol. The van der Waals surface area contributed by atoms with Gasteiger partial charge < -0.3 is 19.1 Å². The van der Waals surface area contributed by atoms with Gasteiger partial charge in [-0.15, -0.1) is 6.58 Å². The molecule has 2 saturated carbocycles. The van der Waals surface area contributed by atoms with Gasteiger partial charge in [-0.05, 0) is 61.1 Å². The van der Waals surface area contributed by atoms with Crippen LogP contribution in [-0.2, 0) is 21.3 Å². The average molecular weight is 394 g/mol. The van der Waals surface area contributed by atoms with E-state index >= 15 is 0 Å². The molecule has 0 unspecified atom stereocenters. The summed E-state index contributed by atoms with van der Waals surface area (Å²) in [6, 6.07) is 6.67. The van der Waals surface area contributed by atoms with Crippen molar-refractivity contribution in [2.24, 2.45) is 17.3 Å². The SMILES string of the molecule is C=C[C@H]1C[C@@]23Cc4ccc(OC)cc4[C@@]2(C=CN(CC2CC2)C3)CC12OCCO2. The van der Waals surface area contributed by atoms with Crippen LogP contribution in [-0.4, -0.2) is 44.1 Å². The van der Waals surface area contributed by atoms with Gasteiger partial charge in [-0.2, -0.15) is 0 Å². The molecule has 1 aromatic carbocycles. The molecule has 0 bridgehead atoms. The third kappa shape index (κ3) is 2.45. The first-order chi connectivity index (χ1) is 14.1. The molecule has 2 aliphatic heterocycles. The summed E-state index contributed by atoms with van der Waals surface area (Å²) in [5.41, 5.74) is 2.97. The lowest BCUT2D eigenvalue weighted by molar-refractivity contribution is -0.233. The molecule has 3 atom stereocenters. The van der Waals surface area contributed by atoms with Crippen LogP contribution in [0, 0.1) is 17.3 Å².